The number of fused-ring (bicyclic) bond motifs is 3. The minimum Gasteiger partial charge on any atom is -0.452 e. The standard InChI is InChI=1S/C21H15Cl2F2N3O5S/c1-34(30,31)28-11-3-5-15-12(7-11)18-10(2-4-16(20(18)32-15)33-21(24)25)6-17(29)27-19-13(22)8-26-9-14(19)23/h2-5,7-9,21,28H,6H2,1H3,(H,26,27,29). The van der Waals surface area contributed by atoms with Crippen LogP contribution in [-0.4, -0.2) is 32.2 Å². The van der Waals surface area contributed by atoms with E-state index in [-0.39, 0.29) is 44.8 Å². The lowest BCUT2D eigenvalue weighted by Crippen LogP contribution is -2.15. The first-order chi connectivity index (χ1) is 16.0. The maximum Gasteiger partial charge on any atom is 0.387 e. The smallest absolute Gasteiger partial charge is 0.387 e. The minimum atomic E-state index is -3.58. The van der Waals surface area contributed by atoms with E-state index >= 15 is 0 Å². The Balaban J connectivity index is 1.81. The van der Waals surface area contributed by atoms with Crippen LogP contribution in [-0.2, 0) is 21.2 Å². The lowest BCUT2D eigenvalue weighted by molar-refractivity contribution is -0.115. The number of anilines is 2. The van der Waals surface area contributed by atoms with Gasteiger partial charge in [0.25, 0.3) is 0 Å². The highest BCUT2D eigenvalue weighted by Crippen LogP contribution is 2.39. The van der Waals surface area contributed by atoms with Crippen molar-refractivity contribution in [2.75, 3.05) is 16.3 Å². The summed E-state index contributed by atoms with van der Waals surface area (Å²) >= 11 is 12.1. The maximum absolute atomic E-state index is 12.9. The van der Waals surface area contributed by atoms with Gasteiger partial charge in [0.2, 0.25) is 15.9 Å². The number of sulfonamides is 1. The van der Waals surface area contributed by atoms with E-state index in [1.54, 1.807) is 0 Å². The highest BCUT2D eigenvalue weighted by molar-refractivity contribution is 7.92. The van der Waals surface area contributed by atoms with Gasteiger partial charge >= 0.3 is 6.61 Å². The van der Waals surface area contributed by atoms with Crippen LogP contribution >= 0.6 is 23.2 Å². The summed E-state index contributed by atoms with van der Waals surface area (Å²) in [6, 6.07) is 7.13. The monoisotopic (exact) mass is 529 g/mol. The molecule has 1 amide bonds. The molecule has 2 heterocycles. The zero-order chi connectivity index (χ0) is 24.6. The molecular formula is C21H15Cl2F2N3O5S. The van der Waals surface area contributed by atoms with E-state index < -0.39 is 22.5 Å². The molecule has 0 aliphatic rings. The fourth-order valence-electron chi connectivity index (χ4n) is 3.43. The number of hydrogen-bond donors (Lipinski definition) is 2. The molecule has 0 spiro atoms. The highest BCUT2D eigenvalue weighted by Gasteiger charge is 2.21. The van der Waals surface area contributed by atoms with E-state index in [0.29, 0.717) is 16.3 Å². The van der Waals surface area contributed by atoms with Gasteiger partial charge in [-0.2, -0.15) is 8.78 Å². The molecule has 0 bridgehead atoms. The Kier molecular flexibility index (Phi) is 6.52. The van der Waals surface area contributed by atoms with E-state index in [1.807, 2.05) is 0 Å². The number of pyridine rings is 1. The number of carbonyl (C=O) groups excluding carboxylic acids is 1. The summed E-state index contributed by atoms with van der Waals surface area (Å²) in [7, 11) is -3.58. The van der Waals surface area contributed by atoms with Crippen LogP contribution in [0.4, 0.5) is 20.2 Å². The molecule has 2 aromatic carbocycles. The summed E-state index contributed by atoms with van der Waals surface area (Å²) in [4.78, 5) is 16.6. The van der Waals surface area contributed by atoms with Gasteiger partial charge in [0.1, 0.15) is 5.58 Å². The lowest BCUT2D eigenvalue weighted by atomic mass is 10.0. The molecule has 13 heteroatoms. The van der Waals surface area contributed by atoms with Crippen molar-refractivity contribution in [2.45, 2.75) is 13.0 Å². The number of aromatic nitrogens is 1. The van der Waals surface area contributed by atoms with E-state index in [2.05, 4.69) is 19.8 Å². The SMILES string of the molecule is CS(=O)(=O)Nc1ccc2oc3c(OC(F)F)ccc(CC(=O)Nc4c(Cl)cncc4Cl)c3c2c1. The first-order valence-electron chi connectivity index (χ1n) is 9.51. The van der Waals surface area contributed by atoms with Gasteiger partial charge in [0, 0.05) is 28.9 Å². The van der Waals surface area contributed by atoms with Crippen molar-refractivity contribution in [3.8, 4) is 5.75 Å². The number of rotatable bonds is 7. The molecule has 178 valence electrons. The Labute approximate surface area is 201 Å². The third-order valence-electron chi connectivity index (χ3n) is 4.66. The number of halogens is 4. The van der Waals surface area contributed by atoms with Crippen LogP contribution in [0.3, 0.4) is 0 Å². The molecule has 2 N–H and O–H groups in total. The minimum absolute atomic E-state index is 0.0166. The van der Waals surface area contributed by atoms with Gasteiger partial charge in [0.05, 0.1) is 28.4 Å². The van der Waals surface area contributed by atoms with Gasteiger partial charge in [-0.1, -0.05) is 29.3 Å². The molecule has 0 aliphatic carbocycles. The molecule has 0 fully saturated rings. The number of benzene rings is 2. The molecule has 0 aliphatic heterocycles. The van der Waals surface area contributed by atoms with Crippen molar-refractivity contribution in [3.05, 3.63) is 58.3 Å². The number of furan rings is 1. The fraction of sp³-hybridized carbons (Fsp3) is 0.143. The second kappa shape index (κ2) is 9.24. The molecular weight excluding hydrogens is 515 g/mol. The number of carbonyl (C=O) groups is 1. The Morgan fingerprint density at radius 1 is 1.18 bits per heavy atom. The van der Waals surface area contributed by atoms with E-state index in [4.69, 9.17) is 27.6 Å². The molecule has 0 saturated heterocycles. The third-order valence-corrected chi connectivity index (χ3v) is 5.84. The van der Waals surface area contributed by atoms with Crippen LogP contribution in [0.25, 0.3) is 21.9 Å². The van der Waals surface area contributed by atoms with Crippen molar-refractivity contribution in [1.29, 1.82) is 0 Å². The summed E-state index contributed by atoms with van der Waals surface area (Å²) in [5, 5.41) is 3.58. The van der Waals surface area contributed by atoms with Gasteiger partial charge in [-0.15, -0.1) is 0 Å². The van der Waals surface area contributed by atoms with Crippen LogP contribution < -0.4 is 14.8 Å². The van der Waals surface area contributed by atoms with E-state index in [1.165, 1.54) is 42.7 Å². The van der Waals surface area contributed by atoms with E-state index in [0.717, 1.165) is 6.26 Å². The van der Waals surface area contributed by atoms with Crippen molar-refractivity contribution < 1.29 is 31.1 Å². The molecule has 2 aromatic heterocycles. The summed E-state index contributed by atoms with van der Waals surface area (Å²) in [5.41, 5.74) is 1.07. The number of nitrogens with zero attached hydrogens (tertiary/aromatic N) is 1. The second-order valence-corrected chi connectivity index (χ2v) is 9.76. The zero-order valence-corrected chi connectivity index (χ0v) is 19.6. The Bertz CT molecular complexity index is 1510. The Morgan fingerprint density at radius 2 is 1.88 bits per heavy atom. The Morgan fingerprint density at radius 3 is 2.53 bits per heavy atom. The molecule has 4 aromatic rings. The zero-order valence-electron chi connectivity index (χ0n) is 17.2. The van der Waals surface area contributed by atoms with Crippen LogP contribution in [0.15, 0.2) is 47.1 Å². The van der Waals surface area contributed by atoms with Crippen molar-refractivity contribution in [3.63, 3.8) is 0 Å². The molecule has 8 nitrogen and oxygen atoms in total. The van der Waals surface area contributed by atoms with Crippen molar-refractivity contribution >= 4 is 72.4 Å². The predicted octanol–water partition coefficient (Wildman–Crippen LogP) is 5.44. The quantitative estimate of drug-likeness (QED) is 0.329. The number of ether oxygens (including phenoxy) is 1. The second-order valence-electron chi connectivity index (χ2n) is 7.20. The first kappa shape index (κ1) is 24.0. The van der Waals surface area contributed by atoms with Gasteiger partial charge in [0.15, 0.2) is 11.3 Å². The number of alkyl halides is 2. The van der Waals surface area contributed by atoms with Gasteiger partial charge < -0.3 is 14.5 Å². The fourth-order valence-corrected chi connectivity index (χ4v) is 4.44. The van der Waals surface area contributed by atoms with Crippen LogP contribution in [0, 0.1) is 0 Å². The molecule has 0 atom stereocenters. The number of amides is 1. The number of hydrogen-bond acceptors (Lipinski definition) is 6. The molecule has 0 radical (unpaired) electrons. The van der Waals surface area contributed by atoms with Crippen molar-refractivity contribution in [2.24, 2.45) is 0 Å². The average molecular weight is 530 g/mol. The first-order valence-corrected chi connectivity index (χ1v) is 12.2. The summed E-state index contributed by atoms with van der Waals surface area (Å²) < 4.78 is 61.8. The normalized spacial score (nSPS) is 11.8. The van der Waals surface area contributed by atoms with Gasteiger partial charge in [-0.25, -0.2) is 8.42 Å². The number of nitrogens with one attached hydrogen (secondary N) is 2. The summed E-state index contributed by atoms with van der Waals surface area (Å²) in [6.07, 6.45) is 3.42. The summed E-state index contributed by atoms with van der Waals surface area (Å²) in [6.45, 7) is -3.11. The highest BCUT2D eigenvalue weighted by atomic mass is 35.5. The lowest BCUT2D eigenvalue weighted by Gasteiger charge is -2.11. The van der Waals surface area contributed by atoms with Gasteiger partial charge in [-0.05, 0) is 29.8 Å². The largest absolute Gasteiger partial charge is 0.452 e. The van der Waals surface area contributed by atoms with E-state index in [9.17, 15) is 22.0 Å². The van der Waals surface area contributed by atoms with Gasteiger partial charge in [-0.3, -0.25) is 14.5 Å². The average Bonchev–Trinajstić information content (AvgIpc) is 3.11. The topological polar surface area (TPSA) is 111 Å². The summed E-state index contributed by atoms with van der Waals surface area (Å²) in [5.74, 6) is -0.734. The molecule has 4 rings (SSSR count). The van der Waals surface area contributed by atoms with Crippen LogP contribution in [0.5, 0.6) is 5.75 Å². The maximum atomic E-state index is 12.9. The molecule has 0 saturated carbocycles. The Hall–Kier alpha value is -3.15. The predicted molar refractivity (Wildman–Crippen MR) is 125 cm³/mol. The third kappa shape index (κ3) is 5.16. The van der Waals surface area contributed by atoms with Crippen molar-refractivity contribution in [1.82, 2.24) is 4.98 Å². The molecule has 34 heavy (non-hydrogen) atoms. The van der Waals surface area contributed by atoms with Crippen LogP contribution in [0.2, 0.25) is 10.0 Å². The van der Waals surface area contributed by atoms with Crippen LogP contribution in [0.1, 0.15) is 5.56 Å². The molecule has 0 unspecified atom stereocenters.